The van der Waals surface area contributed by atoms with Gasteiger partial charge in [0.05, 0.1) is 5.52 Å². The number of aryl methyl sites for hydroxylation is 2. The molecule has 0 aliphatic rings. The molecule has 3 nitrogen and oxygen atoms in total. The number of aromatic nitrogens is 2. The maximum absolute atomic E-state index is 10.7. The Hall–Kier alpha value is -1.64. The van der Waals surface area contributed by atoms with Gasteiger partial charge in [0.2, 0.25) is 0 Å². The molecule has 0 amide bonds. The predicted octanol–water partition coefficient (Wildman–Crippen LogP) is 1.69. The summed E-state index contributed by atoms with van der Waals surface area (Å²) in [6.45, 7) is 2.01. The highest BCUT2D eigenvalue weighted by molar-refractivity contribution is 5.95. The smallest absolute Gasteiger partial charge is 0.168 e. The van der Waals surface area contributed by atoms with Crippen molar-refractivity contribution in [2.24, 2.45) is 7.05 Å². The Morgan fingerprint density at radius 3 is 2.92 bits per heavy atom. The Morgan fingerprint density at radius 2 is 2.23 bits per heavy atom. The highest BCUT2D eigenvalue weighted by atomic mass is 16.1. The van der Waals surface area contributed by atoms with Crippen LogP contribution in [0.2, 0.25) is 0 Å². The molecular formula is C10H10N2O. The van der Waals surface area contributed by atoms with E-state index in [1.165, 1.54) is 0 Å². The number of fused-ring (bicyclic) bond motifs is 1. The second-order valence-corrected chi connectivity index (χ2v) is 3.15. The molecule has 0 saturated heterocycles. The molecule has 0 unspecified atom stereocenters. The largest absolute Gasteiger partial charge is 0.296 e. The summed E-state index contributed by atoms with van der Waals surface area (Å²) < 4.78 is 1.61. The van der Waals surface area contributed by atoms with Crippen LogP contribution < -0.4 is 0 Å². The highest BCUT2D eigenvalue weighted by Gasteiger charge is 2.06. The first-order chi connectivity index (χ1) is 6.22. The number of benzene rings is 1. The first-order valence-electron chi connectivity index (χ1n) is 4.11. The number of aldehydes is 1. The first-order valence-corrected chi connectivity index (χ1v) is 4.11. The fourth-order valence-corrected chi connectivity index (χ4v) is 1.47. The topological polar surface area (TPSA) is 34.9 Å². The van der Waals surface area contributed by atoms with Crippen molar-refractivity contribution in [1.82, 2.24) is 9.78 Å². The van der Waals surface area contributed by atoms with Crippen LogP contribution >= 0.6 is 0 Å². The lowest BCUT2D eigenvalue weighted by Gasteiger charge is -1.91. The van der Waals surface area contributed by atoms with Crippen LogP contribution in [0.4, 0.5) is 0 Å². The van der Waals surface area contributed by atoms with E-state index in [1.54, 1.807) is 11.7 Å². The van der Waals surface area contributed by atoms with E-state index in [4.69, 9.17) is 0 Å². The summed E-state index contributed by atoms with van der Waals surface area (Å²) in [6.07, 6.45) is 0.838. The van der Waals surface area contributed by atoms with E-state index in [2.05, 4.69) is 5.10 Å². The van der Waals surface area contributed by atoms with Crippen LogP contribution in [0.1, 0.15) is 16.1 Å². The molecule has 0 aliphatic heterocycles. The van der Waals surface area contributed by atoms with Gasteiger partial charge in [-0.1, -0.05) is 12.1 Å². The minimum Gasteiger partial charge on any atom is -0.296 e. The molecule has 0 saturated carbocycles. The lowest BCUT2D eigenvalue weighted by atomic mass is 10.1. The number of carbonyl (C=O) groups is 1. The van der Waals surface area contributed by atoms with Crippen LogP contribution in [0, 0.1) is 6.92 Å². The average Bonchev–Trinajstić information content (AvgIpc) is 2.39. The number of nitrogens with zero attached hydrogens (tertiary/aromatic N) is 2. The molecule has 1 heterocycles. The Bertz CT molecular complexity index is 471. The number of carbonyl (C=O) groups excluding carboxylic acids is 1. The van der Waals surface area contributed by atoms with Gasteiger partial charge in [-0.05, 0) is 18.6 Å². The van der Waals surface area contributed by atoms with Gasteiger partial charge in [-0.2, -0.15) is 5.10 Å². The summed E-state index contributed by atoms with van der Waals surface area (Å²) in [5.74, 6) is 0. The zero-order chi connectivity index (χ0) is 9.42. The van der Waals surface area contributed by atoms with E-state index in [0.29, 0.717) is 5.69 Å². The van der Waals surface area contributed by atoms with Crippen LogP contribution in [-0.4, -0.2) is 16.1 Å². The van der Waals surface area contributed by atoms with Gasteiger partial charge < -0.3 is 0 Å². The third-order valence-electron chi connectivity index (χ3n) is 2.15. The van der Waals surface area contributed by atoms with Crippen molar-refractivity contribution < 1.29 is 4.79 Å². The normalized spacial score (nSPS) is 10.6. The zero-order valence-electron chi connectivity index (χ0n) is 7.61. The molecule has 0 radical (unpaired) electrons. The summed E-state index contributed by atoms with van der Waals surface area (Å²) in [4.78, 5) is 10.7. The second-order valence-electron chi connectivity index (χ2n) is 3.15. The predicted molar refractivity (Wildman–Crippen MR) is 50.8 cm³/mol. The van der Waals surface area contributed by atoms with Gasteiger partial charge in [0.25, 0.3) is 0 Å². The Kier molecular flexibility index (Phi) is 1.65. The van der Waals surface area contributed by atoms with E-state index in [1.807, 2.05) is 25.1 Å². The fourth-order valence-electron chi connectivity index (χ4n) is 1.47. The van der Waals surface area contributed by atoms with Gasteiger partial charge in [-0.3, -0.25) is 9.48 Å². The molecule has 0 aliphatic carbocycles. The molecule has 1 aromatic carbocycles. The summed E-state index contributed by atoms with van der Waals surface area (Å²) in [6, 6.07) is 5.89. The van der Waals surface area contributed by atoms with Crippen molar-refractivity contribution in [2.45, 2.75) is 6.92 Å². The average molecular weight is 174 g/mol. The summed E-state index contributed by atoms with van der Waals surface area (Å²) in [5.41, 5.74) is 2.67. The van der Waals surface area contributed by atoms with Crippen molar-refractivity contribution >= 4 is 17.2 Å². The van der Waals surface area contributed by atoms with Gasteiger partial charge in [0.1, 0.15) is 5.69 Å². The van der Waals surface area contributed by atoms with Crippen LogP contribution in [0.3, 0.4) is 0 Å². The van der Waals surface area contributed by atoms with E-state index < -0.39 is 0 Å². The monoisotopic (exact) mass is 174 g/mol. The van der Waals surface area contributed by atoms with E-state index in [-0.39, 0.29) is 0 Å². The molecule has 0 N–H and O–H groups in total. The zero-order valence-corrected chi connectivity index (χ0v) is 7.61. The van der Waals surface area contributed by atoms with Crippen molar-refractivity contribution in [2.75, 3.05) is 0 Å². The number of rotatable bonds is 1. The van der Waals surface area contributed by atoms with Gasteiger partial charge in [-0.25, -0.2) is 0 Å². The molecule has 0 fully saturated rings. The maximum Gasteiger partial charge on any atom is 0.168 e. The standard InChI is InChI=1S/C10H10N2O/c1-7-3-4-8-9(5-7)11-12(2)10(8)6-13/h3-6H,1-2H3. The van der Waals surface area contributed by atoms with Gasteiger partial charge in [0, 0.05) is 12.4 Å². The number of hydrogen-bond donors (Lipinski definition) is 0. The van der Waals surface area contributed by atoms with Gasteiger partial charge in [-0.15, -0.1) is 0 Å². The van der Waals surface area contributed by atoms with E-state index in [0.717, 1.165) is 22.8 Å². The molecule has 13 heavy (non-hydrogen) atoms. The van der Waals surface area contributed by atoms with Crippen molar-refractivity contribution in [3.05, 3.63) is 29.5 Å². The first kappa shape index (κ1) is 7.98. The minimum absolute atomic E-state index is 0.634. The van der Waals surface area contributed by atoms with Crippen LogP contribution in [0.5, 0.6) is 0 Å². The summed E-state index contributed by atoms with van der Waals surface area (Å²) >= 11 is 0. The maximum atomic E-state index is 10.7. The van der Waals surface area contributed by atoms with Crippen LogP contribution in [0.25, 0.3) is 10.9 Å². The van der Waals surface area contributed by atoms with Crippen molar-refractivity contribution in [3.8, 4) is 0 Å². The molecule has 0 atom stereocenters. The Balaban J connectivity index is 2.86. The second kappa shape index (κ2) is 2.69. The Labute approximate surface area is 76.0 Å². The third kappa shape index (κ3) is 1.13. The number of hydrogen-bond acceptors (Lipinski definition) is 2. The molecule has 0 spiro atoms. The van der Waals surface area contributed by atoms with E-state index in [9.17, 15) is 4.79 Å². The molecular weight excluding hydrogens is 164 g/mol. The third-order valence-corrected chi connectivity index (χ3v) is 2.15. The quantitative estimate of drug-likeness (QED) is 0.617. The summed E-state index contributed by atoms with van der Waals surface area (Å²) in [5, 5.41) is 5.15. The summed E-state index contributed by atoms with van der Waals surface area (Å²) in [7, 11) is 1.78. The van der Waals surface area contributed by atoms with Crippen molar-refractivity contribution in [3.63, 3.8) is 0 Å². The molecule has 1 aromatic heterocycles. The van der Waals surface area contributed by atoms with Crippen molar-refractivity contribution in [1.29, 1.82) is 0 Å². The van der Waals surface area contributed by atoms with Gasteiger partial charge >= 0.3 is 0 Å². The molecule has 0 bridgehead atoms. The minimum atomic E-state index is 0.634. The molecule has 66 valence electrons. The molecule has 2 rings (SSSR count). The molecule has 3 heteroatoms. The SMILES string of the molecule is Cc1ccc2c(C=O)n(C)nc2c1. The van der Waals surface area contributed by atoms with Crippen LogP contribution in [-0.2, 0) is 7.05 Å². The highest BCUT2D eigenvalue weighted by Crippen LogP contribution is 2.17. The lowest BCUT2D eigenvalue weighted by molar-refractivity contribution is 0.111. The van der Waals surface area contributed by atoms with E-state index >= 15 is 0 Å². The lowest BCUT2D eigenvalue weighted by Crippen LogP contribution is -1.95. The van der Waals surface area contributed by atoms with Crippen LogP contribution in [0.15, 0.2) is 18.2 Å². The fraction of sp³-hybridized carbons (Fsp3) is 0.200. The van der Waals surface area contributed by atoms with Gasteiger partial charge in [0.15, 0.2) is 6.29 Å². The molecule has 2 aromatic rings. The Morgan fingerprint density at radius 1 is 1.46 bits per heavy atom.